The third kappa shape index (κ3) is 3.89. The Balaban J connectivity index is 1.73. The highest BCUT2D eigenvalue weighted by molar-refractivity contribution is 6.03. The monoisotopic (exact) mass is 459 g/mol. The molecule has 1 fully saturated rings. The van der Waals surface area contributed by atoms with Gasteiger partial charge in [-0.25, -0.2) is 4.98 Å². The van der Waals surface area contributed by atoms with Gasteiger partial charge < -0.3 is 9.55 Å². The number of nitrogens with one attached hydrogen (secondary N) is 1. The third-order valence-corrected chi connectivity index (χ3v) is 7.23. The van der Waals surface area contributed by atoms with Crippen LogP contribution < -0.4 is 5.56 Å². The lowest BCUT2D eigenvalue weighted by Crippen LogP contribution is -2.16. The first-order valence-corrected chi connectivity index (χ1v) is 12.6. The lowest BCUT2D eigenvalue weighted by Gasteiger charge is -2.26. The maximum Gasteiger partial charge on any atom is 0.261 e. The van der Waals surface area contributed by atoms with Gasteiger partial charge in [0, 0.05) is 17.2 Å². The molecule has 2 heterocycles. The predicted molar refractivity (Wildman–Crippen MR) is 144 cm³/mol. The van der Waals surface area contributed by atoms with Gasteiger partial charge in [-0.15, -0.1) is 0 Å². The number of H-pyrrole nitrogens is 1. The van der Waals surface area contributed by atoms with Crippen LogP contribution in [-0.2, 0) is 0 Å². The number of benzene rings is 3. The summed E-state index contributed by atoms with van der Waals surface area (Å²) >= 11 is 0. The second kappa shape index (κ2) is 9.03. The first-order valence-electron chi connectivity index (χ1n) is 12.6. The van der Waals surface area contributed by atoms with E-state index < -0.39 is 0 Å². The second-order valence-electron chi connectivity index (χ2n) is 9.60. The predicted octanol–water partition coefficient (Wildman–Crippen LogP) is 7.54. The van der Waals surface area contributed by atoms with E-state index in [-0.39, 0.29) is 5.56 Å². The maximum absolute atomic E-state index is 13.8. The van der Waals surface area contributed by atoms with Gasteiger partial charge in [0.2, 0.25) is 0 Å². The summed E-state index contributed by atoms with van der Waals surface area (Å²) in [5, 5.41) is 0.677. The quantitative estimate of drug-likeness (QED) is 0.302. The Hall–Kier alpha value is -3.92. The number of hydrogen-bond donors (Lipinski definition) is 1. The normalized spacial score (nSPS) is 14.4. The molecular formula is C31H29N3O. The molecule has 174 valence electrons. The third-order valence-electron chi connectivity index (χ3n) is 7.23. The summed E-state index contributed by atoms with van der Waals surface area (Å²) in [6.45, 7) is 2.07. The van der Waals surface area contributed by atoms with Crippen LogP contribution in [0.15, 0.2) is 89.7 Å². The van der Waals surface area contributed by atoms with E-state index in [2.05, 4.69) is 65.0 Å². The van der Waals surface area contributed by atoms with Crippen LogP contribution in [0.4, 0.5) is 0 Å². The minimum atomic E-state index is -0.0869. The molecule has 0 amide bonds. The van der Waals surface area contributed by atoms with E-state index in [1.165, 1.54) is 24.8 Å². The summed E-state index contributed by atoms with van der Waals surface area (Å²) in [4.78, 5) is 22.1. The lowest BCUT2D eigenvalue weighted by atomic mass is 9.94. The number of nitrogens with zero attached hydrogens (tertiary/aromatic N) is 2. The Bertz CT molecular complexity index is 1520. The lowest BCUT2D eigenvalue weighted by molar-refractivity contribution is 0.362. The fraction of sp³-hybridized carbons (Fsp3) is 0.226. The van der Waals surface area contributed by atoms with Gasteiger partial charge in [-0.1, -0.05) is 110 Å². The van der Waals surface area contributed by atoms with E-state index >= 15 is 0 Å². The van der Waals surface area contributed by atoms with E-state index in [9.17, 15) is 4.79 Å². The van der Waals surface area contributed by atoms with Gasteiger partial charge in [-0.05, 0) is 30.9 Å². The van der Waals surface area contributed by atoms with Crippen LogP contribution in [0.25, 0.3) is 44.8 Å². The van der Waals surface area contributed by atoms with Crippen LogP contribution in [0.5, 0.6) is 0 Å². The Morgan fingerprint density at radius 1 is 0.771 bits per heavy atom. The van der Waals surface area contributed by atoms with Crippen molar-refractivity contribution in [2.24, 2.45) is 0 Å². The average Bonchev–Trinajstić information content (AvgIpc) is 3.26. The maximum atomic E-state index is 13.8. The summed E-state index contributed by atoms with van der Waals surface area (Å²) < 4.78 is 2.39. The molecule has 1 N–H and O–H groups in total. The van der Waals surface area contributed by atoms with Crippen molar-refractivity contribution >= 4 is 11.0 Å². The van der Waals surface area contributed by atoms with Crippen LogP contribution in [0.1, 0.15) is 43.7 Å². The van der Waals surface area contributed by atoms with E-state index in [4.69, 9.17) is 4.98 Å². The van der Waals surface area contributed by atoms with Crippen LogP contribution >= 0.6 is 0 Å². The fourth-order valence-corrected chi connectivity index (χ4v) is 5.51. The molecular weight excluding hydrogens is 430 g/mol. The first-order chi connectivity index (χ1) is 17.2. The van der Waals surface area contributed by atoms with Crippen molar-refractivity contribution in [1.29, 1.82) is 0 Å². The van der Waals surface area contributed by atoms with Crippen LogP contribution in [0, 0.1) is 6.92 Å². The Kier molecular flexibility index (Phi) is 5.57. The Morgan fingerprint density at radius 2 is 1.40 bits per heavy atom. The molecule has 2 aromatic heterocycles. The molecule has 4 nitrogen and oxygen atoms in total. The SMILES string of the molecule is Cc1ccc(-c2nc3c(c(-c4ccccc4)c(-c4ccccc4)n3C3CCCCC3)c(=O)[nH]2)cc1. The number of aromatic nitrogens is 3. The minimum Gasteiger partial charge on any atom is -0.321 e. The van der Waals surface area contributed by atoms with Gasteiger partial charge in [-0.2, -0.15) is 0 Å². The molecule has 0 unspecified atom stereocenters. The highest BCUT2D eigenvalue weighted by Crippen LogP contribution is 2.43. The molecule has 3 aromatic carbocycles. The van der Waals surface area contributed by atoms with Gasteiger partial charge in [0.05, 0.1) is 11.1 Å². The molecule has 0 saturated heterocycles. The number of rotatable bonds is 4. The van der Waals surface area contributed by atoms with Crippen molar-refractivity contribution in [3.8, 4) is 33.8 Å². The second-order valence-corrected chi connectivity index (χ2v) is 9.60. The number of hydrogen-bond acceptors (Lipinski definition) is 2. The van der Waals surface area contributed by atoms with Crippen molar-refractivity contribution in [1.82, 2.24) is 14.5 Å². The van der Waals surface area contributed by atoms with Gasteiger partial charge in [-0.3, -0.25) is 4.79 Å². The minimum absolute atomic E-state index is 0.0869. The molecule has 1 aliphatic rings. The van der Waals surface area contributed by atoms with Gasteiger partial charge in [0.1, 0.15) is 11.5 Å². The van der Waals surface area contributed by atoms with Crippen molar-refractivity contribution in [3.63, 3.8) is 0 Å². The summed E-state index contributed by atoms with van der Waals surface area (Å²) in [5.41, 5.74) is 7.03. The van der Waals surface area contributed by atoms with Crippen molar-refractivity contribution in [2.75, 3.05) is 0 Å². The van der Waals surface area contributed by atoms with E-state index in [0.29, 0.717) is 17.3 Å². The van der Waals surface area contributed by atoms with Crippen molar-refractivity contribution in [3.05, 3.63) is 101 Å². The number of fused-ring (bicyclic) bond motifs is 1. The molecule has 1 saturated carbocycles. The van der Waals surface area contributed by atoms with Crippen molar-refractivity contribution < 1.29 is 0 Å². The highest BCUT2D eigenvalue weighted by Gasteiger charge is 2.28. The molecule has 0 aliphatic heterocycles. The molecule has 0 atom stereocenters. The Labute approximate surface area is 205 Å². The first kappa shape index (κ1) is 21.6. The standard InChI is InChI=1S/C31H29N3O/c1-21-17-19-24(20-18-21)29-32-30-27(31(35)33-29)26(22-11-5-2-6-12-22)28(23-13-7-3-8-14-23)34(30)25-15-9-4-10-16-25/h2-3,5-8,11-14,17-20,25H,4,9-10,15-16H2,1H3,(H,32,33,35). The van der Waals surface area contributed by atoms with Gasteiger partial charge in [0.15, 0.2) is 0 Å². The topological polar surface area (TPSA) is 50.7 Å². The molecule has 0 bridgehead atoms. The molecule has 4 heteroatoms. The molecule has 0 radical (unpaired) electrons. The zero-order valence-electron chi connectivity index (χ0n) is 20.0. The largest absolute Gasteiger partial charge is 0.321 e. The molecule has 35 heavy (non-hydrogen) atoms. The van der Waals surface area contributed by atoms with Crippen LogP contribution in [0.2, 0.25) is 0 Å². The van der Waals surface area contributed by atoms with Crippen LogP contribution in [0.3, 0.4) is 0 Å². The van der Waals surface area contributed by atoms with E-state index in [1.54, 1.807) is 0 Å². The van der Waals surface area contributed by atoms with E-state index in [1.807, 2.05) is 36.4 Å². The smallest absolute Gasteiger partial charge is 0.261 e. The summed E-state index contributed by atoms with van der Waals surface area (Å²) in [5.74, 6) is 0.622. The molecule has 5 aromatic rings. The van der Waals surface area contributed by atoms with Gasteiger partial charge in [0.25, 0.3) is 5.56 Å². The zero-order valence-corrected chi connectivity index (χ0v) is 20.0. The van der Waals surface area contributed by atoms with Gasteiger partial charge >= 0.3 is 0 Å². The van der Waals surface area contributed by atoms with Crippen molar-refractivity contribution in [2.45, 2.75) is 45.1 Å². The molecule has 0 spiro atoms. The summed E-state index contributed by atoms with van der Waals surface area (Å²) in [7, 11) is 0. The average molecular weight is 460 g/mol. The fourth-order valence-electron chi connectivity index (χ4n) is 5.51. The Morgan fingerprint density at radius 3 is 2.06 bits per heavy atom. The van der Waals surface area contributed by atoms with Crippen LogP contribution in [-0.4, -0.2) is 14.5 Å². The molecule has 6 rings (SSSR count). The summed E-state index contributed by atoms with van der Waals surface area (Å²) in [6, 6.07) is 29.3. The molecule has 1 aliphatic carbocycles. The number of aryl methyl sites for hydroxylation is 1. The zero-order chi connectivity index (χ0) is 23.8. The number of aromatic amines is 1. The highest BCUT2D eigenvalue weighted by atomic mass is 16.1. The summed E-state index contributed by atoms with van der Waals surface area (Å²) in [6.07, 6.45) is 5.88. The van der Waals surface area contributed by atoms with E-state index in [0.717, 1.165) is 46.4 Å².